The SMILES string of the molecule is C=C(CC)CCOCCC(=C)CC. The third-order valence-corrected chi connectivity index (χ3v) is 2.20. The molecule has 0 aliphatic heterocycles. The Morgan fingerprint density at radius 2 is 1.31 bits per heavy atom. The first-order valence-electron chi connectivity index (χ1n) is 5.11. The minimum absolute atomic E-state index is 0.809. The first kappa shape index (κ1) is 12.4. The van der Waals surface area contributed by atoms with Crippen molar-refractivity contribution in [2.45, 2.75) is 39.5 Å². The van der Waals surface area contributed by atoms with Crippen LogP contribution in [0.25, 0.3) is 0 Å². The standard InChI is InChI=1S/C12H22O/c1-5-11(3)7-9-13-10-8-12(4)6-2/h3-10H2,1-2H3. The zero-order valence-corrected chi connectivity index (χ0v) is 9.07. The Morgan fingerprint density at radius 1 is 0.923 bits per heavy atom. The Labute approximate surface area is 82.5 Å². The van der Waals surface area contributed by atoms with E-state index in [-0.39, 0.29) is 0 Å². The second kappa shape index (κ2) is 8.06. The van der Waals surface area contributed by atoms with Crippen LogP contribution in [0.1, 0.15) is 39.5 Å². The topological polar surface area (TPSA) is 9.23 Å². The normalized spacial score (nSPS) is 10.0. The van der Waals surface area contributed by atoms with Crippen LogP contribution in [0.4, 0.5) is 0 Å². The van der Waals surface area contributed by atoms with Gasteiger partial charge >= 0.3 is 0 Å². The highest BCUT2D eigenvalue weighted by Crippen LogP contribution is 2.05. The van der Waals surface area contributed by atoms with Gasteiger partial charge in [0, 0.05) is 0 Å². The molecule has 1 heteroatoms. The van der Waals surface area contributed by atoms with E-state index in [9.17, 15) is 0 Å². The highest BCUT2D eigenvalue weighted by molar-refractivity contribution is 4.93. The predicted octanol–water partition coefficient (Wildman–Crippen LogP) is 3.72. The van der Waals surface area contributed by atoms with Crippen molar-refractivity contribution in [1.29, 1.82) is 0 Å². The number of ether oxygens (including phenoxy) is 1. The van der Waals surface area contributed by atoms with Gasteiger partial charge in [0.05, 0.1) is 13.2 Å². The highest BCUT2D eigenvalue weighted by Gasteiger charge is 1.93. The summed E-state index contributed by atoms with van der Waals surface area (Å²) in [6, 6.07) is 0. The van der Waals surface area contributed by atoms with Gasteiger partial charge < -0.3 is 4.74 Å². The van der Waals surface area contributed by atoms with Crippen molar-refractivity contribution in [3.05, 3.63) is 24.3 Å². The van der Waals surface area contributed by atoms with Gasteiger partial charge in [0.15, 0.2) is 0 Å². The summed E-state index contributed by atoms with van der Waals surface area (Å²) in [5.74, 6) is 0. The van der Waals surface area contributed by atoms with E-state index in [4.69, 9.17) is 4.74 Å². The molecule has 0 bridgehead atoms. The first-order valence-corrected chi connectivity index (χ1v) is 5.11. The largest absolute Gasteiger partial charge is 0.381 e. The molecule has 0 spiro atoms. The van der Waals surface area contributed by atoms with Crippen molar-refractivity contribution < 1.29 is 4.74 Å². The van der Waals surface area contributed by atoms with E-state index in [2.05, 4.69) is 27.0 Å². The summed E-state index contributed by atoms with van der Waals surface area (Å²) < 4.78 is 5.46. The van der Waals surface area contributed by atoms with Gasteiger partial charge in [-0.05, 0) is 25.7 Å². The molecule has 76 valence electrons. The summed E-state index contributed by atoms with van der Waals surface area (Å²) in [4.78, 5) is 0. The smallest absolute Gasteiger partial charge is 0.0503 e. The van der Waals surface area contributed by atoms with E-state index in [1.54, 1.807) is 0 Å². The Kier molecular flexibility index (Phi) is 7.71. The van der Waals surface area contributed by atoms with Crippen LogP contribution >= 0.6 is 0 Å². The summed E-state index contributed by atoms with van der Waals surface area (Å²) in [5.41, 5.74) is 2.55. The maximum absolute atomic E-state index is 5.46. The second-order valence-electron chi connectivity index (χ2n) is 3.32. The van der Waals surface area contributed by atoms with Crippen LogP contribution in [0.2, 0.25) is 0 Å². The molecule has 0 rings (SSSR count). The van der Waals surface area contributed by atoms with Crippen molar-refractivity contribution in [3.63, 3.8) is 0 Å². The van der Waals surface area contributed by atoms with Crippen molar-refractivity contribution in [2.24, 2.45) is 0 Å². The third-order valence-electron chi connectivity index (χ3n) is 2.20. The second-order valence-corrected chi connectivity index (χ2v) is 3.32. The van der Waals surface area contributed by atoms with Crippen molar-refractivity contribution in [1.82, 2.24) is 0 Å². The van der Waals surface area contributed by atoms with Crippen molar-refractivity contribution in [3.8, 4) is 0 Å². The van der Waals surface area contributed by atoms with Gasteiger partial charge in [-0.1, -0.05) is 38.2 Å². The summed E-state index contributed by atoms with van der Waals surface area (Å²) in [6.45, 7) is 13.7. The van der Waals surface area contributed by atoms with E-state index in [1.807, 2.05) is 0 Å². The van der Waals surface area contributed by atoms with Crippen LogP contribution in [-0.4, -0.2) is 13.2 Å². The Bertz CT molecular complexity index is 141. The van der Waals surface area contributed by atoms with Crippen LogP contribution in [0.3, 0.4) is 0 Å². The molecule has 0 aliphatic rings. The molecule has 13 heavy (non-hydrogen) atoms. The zero-order chi connectivity index (χ0) is 10.1. The molecule has 0 N–H and O–H groups in total. The van der Waals surface area contributed by atoms with Gasteiger partial charge in [-0.3, -0.25) is 0 Å². The van der Waals surface area contributed by atoms with Gasteiger partial charge in [0.2, 0.25) is 0 Å². The molecule has 0 aliphatic carbocycles. The van der Waals surface area contributed by atoms with Gasteiger partial charge in [0.25, 0.3) is 0 Å². The maximum Gasteiger partial charge on any atom is 0.0503 e. The van der Waals surface area contributed by atoms with E-state index in [0.717, 1.165) is 38.9 Å². The van der Waals surface area contributed by atoms with E-state index in [0.29, 0.717) is 0 Å². The van der Waals surface area contributed by atoms with Crippen LogP contribution in [0.5, 0.6) is 0 Å². The molecule has 0 aromatic carbocycles. The molecular weight excluding hydrogens is 160 g/mol. The van der Waals surface area contributed by atoms with E-state index >= 15 is 0 Å². The molecule has 0 aromatic heterocycles. The monoisotopic (exact) mass is 182 g/mol. The minimum atomic E-state index is 0.809. The van der Waals surface area contributed by atoms with Gasteiger partial charge in [-0.2, -0.15) is 0 Å². The fourth-order valence-corrected chi connectivity index (χ4v) is 0.889. The molecule has 0 amide bonds. The molecule has 0 atom stereocenters. The molecule has 0 saturated carbocycles. The fourth-order valence-electron chi connectivity index (χ4n) is 0.889. The van der Waals surface area contributed by atoms with Crippen LogP contribution < -0.4 is 0 Å². The van der Waals surface area contributed by atoms with Crippen LogP contribution in [0, 0.1) is 0 Å². The molecule has 0 radical (unpaired) electrons. The van der Waals surface area contributed by atoms with Gasteiger partial charge in [-0.25, -0.2) is 0 Å². The Morgan fingerprint density at radius 3 is 1.62 bits per heavy atom. The summed E-state index contributed by atoms with van der Waals surface area (Å²) in [6.07, 6.45) is 4.11. The molecule has 1 nitrogen and oxygen atoms in total. The molecule has 0 saturated heterocycles. The summed E-state index contributed by atoms with van der Waals surface area (Å²) >= 11 is 0. The van der Waals surface area contributed by atoms with Gasteiger partial charge in [0.1, 0.15) is 0 Å². The predicted molar refractivity (Wildman–Crippen MR) is 58.9 cm³/mol. The van der Waals surface area contributed by atoms with Crippen LogP contribution in [0.15, 0.2) is 24.3 Å². The quantitative estimate of drug-likeness (QED) is 0.410. The lowest BCUT2D eigenvalue weighted by atomic mass is 10.2. The van der Waals surface area contributed by atoms with E-state index in [1.165, 1.54) is 11.1 Å². The number of hydrogen-bond donors (Lipinski definition) is 0. The average Bonchev–Trinajstić information content (AvgIpc) is 2.16. The molecule has 0 fully saturated rings. The lowest BCUT2D eigenvalue weighted by Crippen LogP contribution is -1.98. The van der Waals surface area contributed by atoms with Crippen molar-refractivity contribution >= 4 is 0 Å². The van der Waals surface area contributed by atoms with Crippen molar-refractivity contribution in [2.75, 3.05) is 13.2 Å². The molecular formula is C12H22O. The molecule has 0 heterocycles. The molecule has 0 aromatic rings. The lowest BCUT2D eigenvalue weighted by Gasteiger charge is -2.05. The molecule has 0 unspecified atom stereocenters. The Hall–Kier alpha value is -0.560. The fraction of sp³-hybridized carbons (Fsp3) is 0.667. The average molecular weight is 182 g/mol. The highest BCUT2D eigenvalue weighted by atomic mass is 16.5. The number of hydrogen-bond acceptors (Lipinski definition) is 1. The van der Waals surface area contributed by atoms with Crippen LogP contribution in [-0.2, 0) is 4.74 Å². The van der Waals surface area contributed by atoms with E-state index < -0.39 is 0 Å². The first-order chi connectivity index (χ1) is 6.20. The maximum atomic E-state index is 5.46. The summed E-state index contributed by atoms with van der Waals surface area (Å²) in [7, 11) is 0. The zero-order valence-electron chi connectivity index (χ0n) is 9.07. The number of rotatable bonds is 8. The Balaban J connectivity index is 3.17. The third kappa shape index (κ3) is 7.79. The summed E-state index contributed by atoms with van der Waals surface area (Å²) in [5, 5.41) is 0. The minimum Gasteiger partial charge on any atom is -0.381 e. The lowest BCUT2D eigenvalue weighted by molar-refractivity contribution is 0.139. The van der Waals surface area contributed by atoms with Gasteiger partial charge in [-0.15, -0.1) is 0 Å².